The molecule has 1 heterocycles. The molecule has 2 heteroatoms. The minimum atomic E-state index is 0.468. The molecule has 1 aliphatic heterocycles. The molecule has 25 heavy (non-hydrogen) atoms. The summed E-state index contributed by atoms with van der Waals surface area (Å²) in [7, 11) is 0. The van der Waals surface area contributed by atoms with E-state index in [0.29, 0.717) is 17.9 Å². The summed E-state index contributed by atoms with van der Waals surface area (Å²) in [6.07, 6.45) is 9.51. The Bertz CT molecular complexity index is 768. The van der Waals surface area contributed by atoms with Gasteiger partial charge < -0.3 is 5.32 Å². The van der Waals surface area contributed by atoms with Gasteiger partial charge in [-0.1, -0.05) is 72.8 Å². The van der Waals surface area contributed by atoms with Crippen LogP contribution in [0, 0.1) is 0 Å². The van der Waals surface area contributed by atoms with Crippen molar-refractivity contribution in [2.45, 2.75) is 17.9 Å². The normalized spacial score (nSPS) is 25.8. The van der Waals surface area contributed by atoms with E-state index in [0.717, 1.165) is 26.2 Å². The van der Waals surface area contributed by atoms with Crippen LogP contribution in [0.3, 0.4) is 0 Å². The molecule has 0 spiro atoms. The standard InChI is InChI=1S/C23H24N2/c1-3-7-19-17(5-1)9-11-21(19)23(25-15-13-24-14-16-25)22-12-10-18-6-2-4-8-20(18)22/h1-12,21-24H,13-16H2. The molecule has 0 aromatic heterocycles. The van der Waals surface area contributed by atoms with Gasteiger partial charge >= 0.3 is 0 Å². The van der Waals surface area contributed by atoms with E-state index in [4.69, 9.17) is 0 Å². The topological polar surface area (TPSA) is 15.3 Å². The molecule has 0 saturated carbocycles. The number of nitrogens with zero attached hydrogens (tertiary/aromatic N) is 1. The smallest absolute Gasteiger partial charge is 0.0304 e. The molecular formula is C23H24N2. The highest BCUT2D eigenvalue weighted by atomic mass is 15.2. The molecule has 2 unspecified atom stereocenters. The van der Waals surface area contributed by atoms with Crippen molar-refractivity contribution in [3.05, 3.63) is 82.9 Å². The first-order valence-electron chi connectivity index (χ1n) is 9.41. The maximum Gasteiger partial charge on any atom is 0.0304 e. The van der Waals surface area contributed by atoms with Crippen molar-refractivity contribution in [3.8, 4) is 0 Å². The molecule has 0 bridgehead atoms. The van der Waals surface area contributed by atoms with Gasteiger partial charge in [-0.2, -0.15) is 0 Å². The Kier molecular flexibility index (Phi) is 3.80. The molecule has 1 saturated heterocycles. The Balaban J connectivity index is 1.57. The predicted molar refractivity (Wildman–Crippen MR) is 105 cm³/mol. The first-order chi connectivity index (χ1) is 12.4. The van der Waals surface area contributed by atoms with Gasteiger partial charge in [-0.15, -0.1) is 0 Å². The van der Waals surface area contributed by atoms with Crippen molar-refractivity contribution in [2.24, 2.45) is 0 Å². The van der Waals surface area contributed by atoms with E-state index in [1.807, 2.05) is 0 Å². The summed E-state index contributed by atoms with van der Waals surface area (Å²) >= 11 is 0. The Hall–Kier alpha value is -2.16. The van der Waals surface area contributed by atoms with E-state index in [1.165, 1.54) is 22.3 Å². The lowest BCUT2D eigenvalue weighted by Gasteiger charge is -2.41. The van der Waals surface area contributed by atoms with E-state index in [2.05, 4.69) is 83.1 Å². The van der Waals surface area contributed by atoms with Crippen LogP contribution in [0.15, 0.2) is 60.7 Å². The molecule has 0 radical (unpaired) electrons. The van der Waals surface area contributed by atoms with Crippen LogP contribution in [0.25, 0.3) is 12.2 Å². The van der Waals surface area contributed by atoms with Crippen LogP contribution in [-0.4, -0.2) is 37.1 Å². The third kappa shape index (κ3) is 2.57. The molecule has 3 aliphatic rings. The van der Waals surface area contributed by atoms with Crippen LogP contribution in [0.4, 0.5) is 0 Å². The van der Waals surface area contributed by atoms with Crippen LogP contribution in [0.1, 0.15) is 34.1 Å². The second-order valence-electron chi connectivity index (χ2n) is 7.30. The fourth-order valence-electron chi connectivity index (χ4n) is 4.81. The minimum Gasteiger partial charge on any atom is -0.314 e. The zero-order chi connectivity index (χ0) is 16.6. The molecule has 0 amide bonds. The fourth-order valence-corrected chi connectivity index (χ4v) is 4.81. The average Bonchev–Trinajstić information content (AvgIpc) is 3.29. The second-order valence-corrected chi connectivity index (χ2v) is 7.30. The zero-order valence-electron chi connectivity index (χ0n) is 14.4. The van der Waals surface area contributed by atoms with Crippen LogP contribution in [0.5, 0.6) is 0 Å². The summed E-state index contributed by atoms with van der Waals surface area (Å²) in [6, 6.07) is 18.3. The third-order valence-corrected chi connectivity index (χ3v) is 5.99. The van der Waals surface area contributed by atoms with Gasteiger partial charge in [0.1, 0.15) is 0 Å². The number of nitrogens with one attached hydrogen (secondary N) is 1. The Morgan fingerprint density at radius 3 is 1.84 bits per heavy atom. The number of piperazine rings is 1. The highest BCUT2D eigenvalue weighted by Crippen LogP contribution is 2.44. The fraction of sp³-hybridized carbons (Fsp3) is 0.304. The van der Waals surface area contributed by atoms with Gasteiger partial charge in [0.15, 0.2) is 0 Å². The molecule has 1 fully saturated rings. The summed E-state index contributed by atoms with van der Waals surface area (Å²) in [4.78, 5) is 2.71. The number of hydrogen-bond acceptors (Lipinski definition) is 2. The van der Waals surface area contributed by atoms with Crippen molar-refractivity contribution in [1.29, 1.82) is 0 Å². The van der Waals surface area contributed by atoms with Crippen LogP contribution >= 0.6 is 0 Å². The maximum absolute atomic E-state index is 3.51. The van der Waals surface area contributed by atoms with E-state index >= 15 is 0 Å². The molecule has 2 aliphatic carbocycles. The molecule has 126 valence electrons. The quantitative estimate of drug-likeness (QED) is 0.920. The van der Waals surface area contributed by atoms with Gasteiger partial charge in [0.25, 0.3) is 0 Å². The summed E-state index contributed by atoms with van der Waals surface area (Å²) in [6.45, 7) is 4.44. The van der Waals surface area contributed by atoms with Crippen molar-refractivity contribution in [3.63, 3.8) is 0 Å². The number of rotatable bonds is 3. The maximum atomic E-state index is 3.51. The summed E-state index contributed by atoms with van der Waals surface area (Å²) in [5.41, 5.74) is 5.76. The van der Waals surface area contributed by atoms with Gasteiger partial charge in [-0.05, 0) is 22.3 Å². The first-order valence-corrected chi connectivity index (χ1v) is 9.41. The van der Waals surface area contributed by atoms with Crippen molar-refractivity contribution < 1.29 is 0 Å². The zero-order valence-corrected chi connectivity index (χ0v) is 14.4. The van der Waals surface area contributed by atoms with Gasteiger partial charge in [-0.3, -0.25) is 4.90 Å². The van der Waals surface area contributed by atoms with E-state index < -0.39 is 0 Å². The lowest BCUT2D eigenvalue weighted by atomic mass is 9.81. The molecule has 2 aromatic rings. The molecule has 2 aromatic carbocycles. The minimum absolute atomic E-state index is 0.468. The van der Waals surface area contributed by atoms with Gasteiger partial charge in [0.05, 0.1) is 0 Å². The highest BCUT2D eigenvalue weighted by molar-refractivity contribution is 5.66. The van der Waals surface area contributed by atoms with Gasteiger partial charge in [0.2, 0.25) is 0 Å². The van der Waals surface area contributed by atoms with Crippen molar-refractivity contribution in [1.82, 2.24) is 10.2 Å². The summed E-state index contributed by atoms with van der Waals surface area (Å²) in [5, 5.41) is 3.51. The third-order valence-electron chi connectivity index (χ3n) is 5.99. The molecule has 5 rings (SSSR count). The van der Waals surface area contributed by atoms with E-state index in [-0.39, 0.29) is 0 Å². The average molecular weight is 328 g/mol. The number of fused-ring (bicyclic) bond motifs is 2. The summed E-state index contributed by atoms with van der Waals surface area (Å²) < 4.78 is 0. The van der Waals surface area contributed by atoms with Crippen LogP contribution in [-0.2, 0) is 0 Å². The van der Waals surface area contributed by atoms with Gasteiger partial charge in [0, 0.05) is 44.1 Å². The Morgan fingerprint density at radius 1 is 0.760 bits per heavy atom. The molecule has 2 atom stereocenters. The van der Waals surface area contributed by atoms with E-state index in [1.54, 1.807) is 0 Å². The molecular weight excluding hydrogens is 304 g/mol. The van der Waals surface area contributed by atoms with Crippen molar-refractivity contribution in [2.75, 3.05) is 26.2 Å². The second kappa shape index (κ2) is 6.29. The highest BCUT2D eigenvalue weighted by Gasteiger charge is 2.38. The SMILES string of the molecule is C1=CC(C(C2C=Cc3ccccc32)N2CCNCC2)c2ccccc21. The number of hydrogen-bond donors (Lipinski definition) is 1. The van der Waals surface area contributed by atoms with Crippen molar-refractivity contribution >= 4 is 12.2 Å². The van der Waals surface area contributed by atoms with E-state index in [9.17, 15) is 0 Å². The lowest BCUT2D eigenvalue weighted by molar-refractivity contribution is 0.150. The largest absolute Gasteiger partial charge is 0.314 e. The number of benzene rings is 2. The monoisotopic (exact) mass is 328 g/mol. The molecule has 1 N–H and O–H groups in total. The van der Waals surface area contributed by atoms with Crippen LogP contribution in [0.2, 0.25) is 0 Å². The van der Waals surface area contributed by atoms with Crippen LogP contribution < -0.4 is 5.32 Å². The molecule has 2 nitrogen and oxygen atoms in total. The Labute approximate surface area is 149 Å². The first kappa shape index (κ1) is 15.1. The van der Waals surface area contributed by atoms with Gasteiger partial charge in [-0.25, -0.2) is 0 Å². The summed E-state index contributed by atoms with van der Waals surface area (Å²) in [5.74, 6) is 0.935. The Morgan fingerprint density at radius 2 is 1.28 bits per heavy atom. The predicted octanol–water partition coefficient (Wildman–Crippen LogP) is 3.88. The lowest BCUT2D eigenvalue weighted by Crippen LogP contribution is -2.51.